The van der Waals surface area contributed by atoms with Crippen LogP contribution in [0.15, 0.2) is 45.5 Å². The second kappa shape index (κ2) is 10.5. The molecule has 2 atom stereocenters. The normalized spacial score (nSPS) is 21.6. The Kier molecular flexibility index (Phi) is 7.90. The van der Waals surface area contributed by atoms with Crippen molar-refractivity contribution in [2.75, 3.05) is 12.5 Å². The highest BCUT2D eigenvalue weighted by Gasteiger charge is 2.62. The van der Waals surface area contributed by atoms with Crippen molar-refractivity contribution in [1.82, 2.24) is 0 Å². The Hall–Kier alpha value is -1.88. The molecule has 2 aliphatic rings. The van der Waals surface area contributed by atoms with Gasteiger partial charge in [-0.2, -0.15) is 13.2 Å². The number of aryl methyl sites for hydroxylation is 1. The number of thioether (sulfide) groups is 2. The molecule has 0 bridgehead atoms. The van der Waals surface area contributed by atoms with Crippen LogP contribution in [0.5, 0.6) is 0 Å². The second-order valence-corrected chi connectivity index (χ2v) is 10.9. The third kappa shape index (κ3) is 5.10. The van der Waals surface area contributed by atoms with Gasteiger partial charge in [0.1, 0.15) is 11.1 Å². The molecule has 0 radical (unpaired) electrons. The van der Waals surface area contributed by atoms with Gasteiger partial charge in [-0.1, -0.05) is 45.6 Å². The van der Waals surface area contributed by atoms with Crippen LogP contribution in [0, 0.1) is 6.92 Å². The fourth-order valence-electron chi connectivity index (χ4n) is 4.15. The van der Waals surface area contributed by atoms with E-state index >= 15 is 0 Å². The van der Waals surface area contributed by atoms with E-state index in [9.17, 15) is 18.0 Å². The van der Waals surface area contributed by atoms with Crippen molar-refractivity contribution in [3.05, 3.63) is 62.6 Å². The Morgan fingerprint density at radius 3 is 2.39 bits per heavy atom. The van der Waals surface area contributed by atoms with E-state index in [1.54, 1.807) is 31.4 Å². The summed E-state index contributed by atoms with van der Waals surface area (Å²) in [6.45, 7) is 1.73. The van der Waals surface area contributed by atoms with Crippen LogP contribution in [0.2, 0.25) is 10.0 Å². The van der Waals surface area contributed by atoms with Gasteiger partial charge in [-0.15, -0.1) is 23.5 Å². The first-order valence-corrected chi connectivity index (χ1v) is 14.0. The van der Waals surface area contributed by atoms with Gasteiger partial charge in [-0.25, -0.2) is 0 Å². The monoisotopic (exact) mass is 576 g/mol. The lowest BCUT2D eigenvalue weighted by Gasteiger charge is -2.30. The first-order valence-electron chi connectivity index (χ1n) is 10.7. The van der Waals surface area contributed by atoms with Crippen molar-refractivity contribution < 1.29 is 27.6 Å². The summed E-state index contributed by atoms with van der Waals surface area (Å²) in [4.78, 5) is 23.7. The third-order valence-electron chi connectivity index (χ3n) is 6.07. The molecule has 0 saturated carbocycles. The standard InChI is InChI=1S/C24H21Cl2F3N2O3S2/c1-12-6-13(4-5-16(12)20(32)9-15-10-21(35-2)31-33-15)19-11-23(34-30-19,24(27,28)29)14-7-17(25)22(36-3)18(26)8-14/h4-8,15H,9-11H2,1-3H3/t15?,23-/m0/s1. The average molecular weight is 577 g/mol. The number of benzene rings is 2. The predicted molar refractivity (Wildman–Crippen MR) is 139 cm³/mol. The van der Waals surface area contributed by atoms with Crippen molar-refractivity contribution in [1.29, 1.82) is 0 Å². The molecule has 12 heteroatoms. The zero-order valence-electron chi connectivity index (χ0n) is 19.4. The SMILES string of the molecule is CSC1=NOC(CC(=O)c2ccc(C3=NO[C@@](c4cc(Cl)c(SC)c(Cl)c4)(C(F)(F)F)C3)cc2C)C1. The zero-order chi connectivity index (χ0) is 26.3. The largest absolute Gasteiger partial charge is 0.435 e. The molecule has 0 spiro atoms. The number of nitrogens with zero attached hydrogens (tertiary/aromatic N) is 2. The highest BCUT2D eigenvalue weighted by atomic mass is 35.5. The number of carbonyl (C=O) groups excluding carboxylic acids is 1. The van der Waals surface area contributed by atoms with Gasteiger partial charge in [-0.3, -0.25) is 4.79 Å². The quantitative estimate of drug-likeness (QED) is 0.261. The van der Waals surface area contributed by atoms with E-state index < -0.39 is 18.2 Å². The Morgan fingerprint density at radius 1 is 1.14 bits per heavy atom. The van der Waals surface area contributed by atoms with Crippen LogP contribution in [0.1, 0.15) is 46.3 Å². The van der Waals surface area contributed by atoms with Gasteiger partial charge in [0.15, 0.2) is 5.78 Å². The number of ketones is 1. The summed E-state index contributed by atoms with van der Waals surface area (Å²) in [7, 11) is 0. The smallest absolute Gasteiger partial charge is 0.391 e. The number of Topliss-reactive ketones (excluding diaryl/α,β-unsaturated/α-hetero) is 1. The van der Waals surface area contributed by atoms with E-state index in [1.165, 1.54) is 35.7 Å². The molecule has 0 saturated heterocycles. The molecule has 4 rings (SSSR count). The summed E-state index contributed by atoms with van der Waals surface area (Å²) in [5.74, 6) is -0.131. The lowest BCUT2D eigenvalue weighted by atomic mass is 9.86. The number of hydrogen-bond acceptors (Lipinski definition) is 7. The predicted octanol–water partition coefficient (Wildman–Crippen LogP) is 7.64. The molecule has 2 aliphatic heterocycles. The van der Waals surface area contributed by atoms with Crippen LogP contribution in [0.4, 0.5) is 13.2 Å². The van der Waals surface area contributed by atoms with Crippen LogP contribution in [0.25, 0.3) is 0 Å². The maximum atomic E-state index is 14.4. The molecule has 2 heterocycles. The van der Waals surface area contributed by atoms with Gasteiger partial charge in [0.25, 0.3) is 5.60 Å². The van der Waals surface area contributed by atoms with E-state index in [1.807, 2.05) is 6.26 Å². The van der Waals surface area contributed by atoms with E-state index in [-0.39, 0.29) is 39.6 Å². The van der Waals surface area contributed by atoms with Gasteiger partial charge in [0.2, 0.25) is 0 Å². The summed E-state index contributed by atoms with van der Waals surface area (Å²) in [5.41, 5.74) is -1.35. The Bertz CT molecular complexity index is 1250. The third-order valence-corrected chi connectivity index (χ3v) is 8.45. The van der Waals surface area contributed by atoms with Gasteiger partial charge >= 0.3 is 6.18 Å². The van der Waals surface area contributed by atoms with Gasteiger partial charge in [0, 0.05) is 28.9 Å². The number of oxime groups is 2. The molecule has 0 amide bonds. The summed E-state index contributed by atoms with van der Waals surface area (Å²) in [6, 6.07) is 7.24. The Balaban J connectivity index is 1.57. The minimum absolute atomic E-state index is 0.102. The molecule has 0 fully saturated rings. The fourth-order valence-corrected chi connectivity index (χ4v) is 6.08. The minimum atomic E-state index is -4.80. The highest BCUT2D eigenvalue weighted by Crippen LogP contribution is 2.51. The van der Waals surface area contributed by atoms with E-state index in [2.05, 4.69) is 10.3 Å². The van der Waals surface area contributed by atoms with Crippen LogP contribution in [-0.2, 0) is 15.3 Å². The van der Waals surface area contributed by atoms with Crippen molar-refractivity contribution in [2.24, 2.45) is 10.3 Å². The lowest BCUT2D eigenvalue weighted by molar-refractivity contribution is -0.275. The number of carbonyl (C=O) groups is 1. The molecule has 2 aromatic rings. The first-order chi connectivity index (χ1) is 17.0. The zero-order valence-corrected chi connectivity index (χ0v) is 22.6. The highest BCUT2D eigenvalue weighted by molar-refractivity contribution is 8.13. The maximum Gasteiger partial charge on any atom is 0.435 e. The van der Waals surface area contributed by atoms with Crippen LogP contribution < -0.4 is 0 Å². The summed E-state index contributed by atoms with van der Waals surface area (Å²) in [6.07, 6.45) is -1.34. The van der Waals surface area contributed by atoms with Crippen LogP contribution >= 0.6 is 46.7 Å². The molecule has 0 aromatic heterocycles. The summed E-state index contributed by atoms with van der Waals surface area (Å²) >= 11 is 15.1. The molecule has 36 heavy (non-hydrogen) atoms. The first kappa shape index (κ1) is 27.2. The van der Waals surface area contributed by atoms with E-state index in [4.69, 9.17) is 32.9 Å². The topological polar surface area (TPSA) is 60.2 Å². The van der Waals surface area contributed by atoms with E-state index in [0.29, 0.717) is 28.0 Å². The van der Waals surface area contributed by atoms with Crippen molar-refractivity contribution in [3.8, 4) is 0 Å². The number of hydrogen-bond donors (Lipinski definition) is 0. The molecule has 192 valence electrons. The van der Waals surface area contributed by atoms with Crippen LogP contribution in [0.3, 0.4) is 0 Å². The molecule has 0 aliphatic carbocycles. The van der Waals surface area contributed by atoms with Crippen molar-refractivity contribution >= 4 is 63.3 Å². The summed E-state index contributed by atoms with van der Waals surface area (Å²) in [5, 5.41) is 8.78. The molecule has 5 nitrogen and oxygen atoms in total. The van der Waals surface area contributed by atoms with Gasteiger partial charge in [-0.05, 0) is 48.8 Å². The van der Waals surface area contributed by atoms with Crippen LogP contribution in [-0.4, -0.2) is 41.3 Å². The van der Waals surface area contributed by atoms with E-state index in [0.717, 1.165) is 5.04 Å². The molecule has 1 unspecified atom stereocenters. The van der Waals surface area contributed by atoms with Gasteiger partial charge < -0.3 is 9.68 Å². The number of rotatable bonds is 6. The Morgan fingerprint density at radius 2 is 1.83 bits per heavy atom. The average Bonchev–Trinajstić information content (AvgIpc) is 3.46. The van der Waals surface area contributed by atoms with Crippen molar-refractivity contribution in [2.45, 2.75) is 49.0 Å². The second-order valence-electron chi connectivity index (χ2n) is 8.38. The summed E-state index contributed by atoms with van der Waals surface area (Å²) < 4.78 is 43.1. The molecular formula is C24H21Cl2F3N2O3S2. The maximum absolute atomic E-state index is 14.4. The molecule has 0 N–H and O–H groups in total. The molecule has 2 aromatic carbocycles. The Labute approximate surface area is 224 Å². The fraction of sp³-hybridized carbons (Fsp3) is 0.375. The van der Waals surface area contributed by atoms with Gasteiger partial charge in [0.05, 0.1) is 22.2 Å². The minimum Gasteiger partial charge on any atom is -0.391 e. The number of alkyl halides is 3. The lowest BCUT2D eigenvalue weighted by Crippen LogP contribution is -2.42. The van der Waals surface area contributed by atoms with Crippen molar-refractivity contribution in [3.63, 3.8) is 0 Å². The number of halogens is 5. The molecular weight excluding hydrogens is 556 g/mol.